The second kappa shape index (κ2) is 6.60. The molecule has 3 atom stereocenters. The summed E-state index contributed by atoms with van der Waals surface area (Å²) in [5.41, 5.74) is -1.05. The molecule has 0 spiro atoms. The van der Waals surface area contributed by atoms with Gasteiger partial charge in [0.1, 0.15) is 5.67 Å². The van der Waals surface area contributed by atoms with E-state index in [-0.39, 0.29) is 11.9 Å². The molecule has 0 N–H and O–H groups in total. The number of halogens is 1. The summed E-state index contributed by atoms with van der Waals surface area (Å²) in [5.74, 6) is -0.899. The number of hydrogen-bond donors (Lipinski definition) is 0. The van der Waals surface area contributed by atoms with E-state index in [0.29, 0.717) is 13.1 Å². The Morgan fingerprint density at radius 1 is 1.35 bits per heavy atom. The van der Waals surface area contributed by atoms with Crippen molar-refractivity contribution in [3.05, 3.63) is 35.9 Å². The van der Waals surface area contributed by atoms with Crippen LogP contribution >= 0.6 is 0 Å². The van der Waals surface area contributed by atoms with Gasteiger partial charge >= 0.3 is 5.97 Å². The molecule has 0 saturated carbocycles. The molecule has 0 radical (unpaired) electrons. The molecule has 0 aliphatic carbocycles. The lowest BCUT2D eigenvalue weighted by molar-refractivity contribution is -0.165. The molecule has 23 heavy (non-hydrogen) atoms. The highest BCUT2D eigenvalue weighted by molar-refractivity contribution is 5.76. The summed E-state index contributed by atoms with van der Waals surface area (Å²) >= 11 is 0. The lowest BCUT2D eigenvalue weighted by Crippen LogP contribution is -2.59. The van der Waals surface area contributed by atoms with Crippen molar-refractivity contribution in [2.75, 3.05) is 20.2 Å². The van der Waals surface area contributed by atoms with Gasteiger partial charge in [0.15, 0.2) is 0 Å². The topological polar surface area (TPSA) is 29.5 Å². The Kier molecular flexibility index (Phi) is 5.14. The highest BCUT2D eigenvalue weighted by atomic mass is 19.1. The number of methoxy groups -OCH3 is 1. The van der Waals surface area contributed by atoms with Crippen molar-refractivity contribution in [1.82, 2.24) is 4.90 Å². The molecule has 1 heterocycles. The minimum atomic E-state index is -1.40. The number of likely N-dealkylation sites (tertiary alicyclic amines) is 1. The zero-order valence-corrected chi connectivity index (χ0v) is 14.8. The van der Waals surface area contributed by atoms with Gasteiger partial charge in [-0.2, -0.15) is 0 Å². The van der Waals surface area contributed by atoms with E-state index in [0.717, 1.165) is 6.54 Å². The van der Waals surface area contributed by atoms with Crippen molar-refractivity contribution in [3.8, 4) is 0 Å². The molecule has 1 saturated heterocycles. The van der Waals surface area contributed by atoms with Crippen molar-refractivity contribution < 1.29 is 13.9 Å². The van der Waals surface area contributed by atoms with Crippen molar-refractivity contribution in [1.29, 1.82) is 0 Å². The molecule has 1 aliphatic heterocycles. The second-order valence-corrected chi connectivity index (χ2v) is 7.50. The van der Waals surface area contributed by atoms with Crippen LogP contribution in [0.4, 0.5) is 4.39 Å². The van der Waals surface area contributed by atoms with E-state index in [1.54, 1.807) is 20.8 Å². The average molecular weight is 321 g/mol. The molecular weight excluding hydrogens is 293 g/mol. The lowest BCUT2D eigenvalue weighted by atomic mass is 9.64. The molecule has 3 unspecified atom stereocenters. The maximum Gasteiger partial charge on any atom is 0.311 e. The molecule has 3 nitrogen and oxygen atoms in total. The van der Waals surface area contributed by atoms with Gasteiger partial charge in [0.2, 0.25) is 0 Å². The highest BCUT2D eigenvalue weighted by Crippen LogP contribution is 2.46. The molecule has 128 valence electrons. The van der Waals surface area contributed by atoms with Gasteiger partial charge in [-0.05, 0) is 26.3 Å². The van der Waals surface area contributed by atoms with Crippen LogP contribution in [0.1, 0.15) is 33.3 Å². The largest absolute Gasteiger partial charge is 0.469 e. The van der Waals surface area contributed by atoms with Crippen LogP contribution in [0.15, 0.2) is 30.3 Å². The van der Waals surface area contributed by atoms with Crippen LogP contribution in [0, 0.1) is 17.3 Å². The maximum absolute atomic E-state index is 15.4. The Bertz CT molecular complexity index is 542. The van der Waals surface area contributed by atoms with E-state index < -0.39 is 17.0 Å². The molecule has 4 heteroatoms. The van der Waals surface area contributed by atoms with Gasteiger partial charge in [-0.3, -0.25) is 9.69 Å². The number of rotatable bonds is 4. The molecule has 0 amide bonds. The minimum Gasteiger partial charge on any atom is -0.469 e. The summed E-state index contributed by atoms with van der Waals surface area (Å²) < 4.78 is 20.3. The highest BCUT2D eigenvalue weighted by Gasteiger charge is 2.54. The van der Waals surface area contributed by atoms with Gasteiger partial charge in [-0.15, -0.1) is 0 Å². The Labute approximate surface area is 138 Å². The number of esters is 1. The van der Waals surface area contributed by atoms with E-state index in [4.69, 9.17) is 4.74 Å². The average Bonchev–Trinajstić information content (AvgIpc) is 2.50. The van der Waals surface area contributed by atoms with E-state index in [1.807, 2.05) is 25.1 Å². The fraction of sp³-hybridized carbons (Fsp3) is 0.632. The molecule has 1 aliphatic rings. The van der Waals surface area contributed by atoms with Crippen LogP contribution in [-0.2, 0) is 16.1 Å². The van der Waals surface area contributed by atoms with Gasteiger partial charge in [0.05, 0.1) is 12.5 Å². The molecule has 0 aromatic heterocycles. The first-order valence-corrected chi connectivity index (χ1v) is 8.23. The van der Waals surface area contributed by atoms with E-state index in [9.17, 15) is 4.79 Å². The first-order chi connectivity index (χ1) is 10.7. The number of carbonyl (C=O) groups excluding carboxylic acids is 1. The summed E-state index contributed by atoms with van der Waals surface area (Å²) in [6, 6.07) is 10.2. The summed E-state index contributed by atoms with van der Waals surface area (Å²) in [6.45, 7) is 9.16. The third kappa shape index (κ3) is 3.57. The zero-order chi connectivity index (χ0) is 17.3. The van der Waals surface area contributed by atoms with Crippen LogP contribution in [0.5, 0.6) is 0 Å². The first-order valence-electron chi connectivity index (χ1n) is 8.23. The normalized spacial score (nSPS) is 29.3. The standard InChI is InChI=1S/C19H28FNO2/c1-14-11-21(12-15-9-7-6-8-10-15)13-16(19(14,4)20)18(2,3)17(22)23-5/h6-10,14,16H,11-13H2,1-5H3. The molecule has 1 fully saturated rings. The Morgan fingerprint density at radius 2 is 1.96 bits per heavy atom. The van der Waals surface area contributed by atoms with Gasteiger partial charge in [0.25, 0.3) is 0 Å². The van der Waals surface area contributed by atoms with Gasteiger partial charge in [-0.25, -0.2) is 4.39 Å². The fourth-order valence-corrected chi connectivity index (χ4v) is 3.73. The van der Waals surface area contributed by atoms with Crippen molar-refractivity contribution in [2.24, 2.45) is 17.3 Å². The van der Waals surface area contributed by atoms with Crippen LogP contribution in [0.2, 0.25) is 0 Å². The van der Waals surface area contributed by atoms with Crippen LogP contribution < -0.4 is 0 Å². The number of nitrogens with zero attached hydrogens (tertiary/aromatic N) is 1. The van der Waals surface area contributed by atoms with E-state index in [2.05, 4.69) is 17.0 Å². The molecule has 0 bridgehead atoms. The maximum atomic E-state index is 15.4. The second-order valence-electron chi connectivity index (χ2n) is 7.50. The molecule has 1 aromatic rings. The SMILES string of the molecule is COC(=O)C(C)(C)C1CN(Cc2ccccc2)CC(C)C1(C)F. The number of hydrogen-bond acceptors (Lipinski definition) is 3. The Hall–Kier alpha value is -1.42. The summed E-state index contributed by atoms with van der Waals surface area (Å²) in [7, 11) is 1.37. The lowest BCUT2D eigenvalue weighted by Gasteiger charge is -2.50. The molecular formula is C19H28FNO2. The van der Waals surface area contributed by atoms with Crippen LogP contribution in [-0.4, -0.2) is 36.7 Å². The quantitative estimate of drug-likeness (QED) is 0.792. The fourth-order valence-electron chi connectivity index (χ4n) is 3.73. The summed E-state index contributed by atoms with van der Waals surface area (Å²) in [4.78, 5) is 14.4. The third-order valence-corrected chi connectivity index (χ3v) is 5.45. The van der Waals surface area contributed by atoms with E-state index in [1.165, 1.54) is 12.7 Å². The first kappa shape index (κ1) is 17.9. The van der Waals surface area contributed by atoms with Crippen molar-refractivity contribution in [3.63, 3.8) is 0 Å². The number of ether oxygens (including phenoxy) is 1. The number of carbonyl (C=O) groups is 1. The van der Waals surface area contributed by atoms with Gasteiger partial charge in [0, 0.05) is 31.5 Å². The number of alkyl halides is 1. The summed E-state index contributed by atoms with van der Waals surface area (Å²) in [5, 5.41) is 0. The van der Waals surface area contributed by atoms with Crippen molar-refractivity contribution in [2.45, 2.75) is 39.9 Å². The third-order valence-electron chi connectivity index (χ3n) is 5.45. The van der Waals surface area contributed by atoms with Crippen LogP contribution in [0.3, 0.4) is 0 Å². The Balaban J connectivity index is 2.23. The monoisotopic (exact) mass is 321 g/mol. The minimum absolute atomic E-state index is 0.145. The predicted molar refractivity (Wildman–Crippen MR) is 89.7 cm³/mol. The van der Waals surface area contributed by atoms with Crippen molar-refractivity contribution >= 4 is 5.97 Å². The molecule has 1 aromatic carbocycles. The van der Waals surface area contributed by atoms with Gasteiger partial charge in [-0.1, -0.05) is 37.3 Å². The van der Waals surface area contributed by atoms with E-state index >= 15 is 4.39 Å². The zero-order valence-electron chi connectivity index (χ0n) is 14.8. The predicted octanol–water partition coefficient (Wildman–Crippen LogP) is 3.68. The summed E-state index contributed by atoms with van der Waals surface area (Å²) in [6.07, 6.45) is 0. The smallest absolute Gasteiger partial charge is 0.311 e. The number of piperidine rings is 1. The van der Waals surface area contributed by atoms with Gasteiger partial charge < -0.3 is 4.74 Å². The van der Waals surface area contributed by atoms with Crippen LogP contribution in [0.25, 0.3) is 0 Å². The number of benzene rings is 1. The molecule has 2 rings (SSSR count). The Morgan fingerprint density at radius 3 is 2.52 bits per heavy atom.